The van der Waals surface area contributed by atoms with Crippen LogP contribution in [-0.2, 0) is 9.59 Å². The van der Waals surface area contributed by atoms with Crippen LogP contribution in [0.4, 0.5) is 8.78 Å². The first-order chi connectivity index (χ1) is 29.9. The third kappa shape index (κ3) is 6.80. The van der Waals surface area contributed by atoms with Crippen LogP contribution in [0.2, 0.25) is 0 Å². The van der Waals surface area contributed by atoms with Gasteiger partial charge >= 0.3 is 0 Å². The van der Waals surface area contributed by atoms with Crippen molar-refractivity contribution >= 4 is 55.2 Å². The number of carbonyl (C=O) groups excluding carboxylic acids is 2. The van der Waals surface area contributed by atoms with Crippen LogP contribution in [0, 0.1) is 11.6 Å². The maximum atomic E-state index is 15.5. The van der Waals surface area contributed by atoms with Crippen molar-refractivity contribution in [3.05, 3.63) is 167 Å². The van der Waals surface area contributed by atoms with E-state index in [0.29, 0.717) is 34.8 Å². The number of phenols is 2. The van der Waals surface area contributed by atoms with E-state index in [9.17, 15) is 29.4 Å². The first-order valence-electron chi connectivity index (χ1n) is 19.6. The molecule has 308 valence electrons. The van der Waals surface area contributed by atoms with Crippen LogP contribution >= 0.6 is 0 Å². The summed E-state index contributed by atoms with van der Waals surface area (Å²) in [6.45, 7) is 8.45. The quantitative estimate of drug-likeness (QED) is 0.166. The number of fused-ring (bicyclic) bond motifs is 4. The Morgan fingerprint density at radius 3 is 1.73 bits per heavy atom. The summed E-state index contributed by atoms with van der Waals surface area (Å²) in [4.78, 5) is 61.0. The van der Waals surface area contributed by atoms with Gasteiger partial charge in [0.15, 0.2) is 5.82 Å². The average molecular weight is 831 g/mol. The van der Waals surface area contributed by atoms with Gasteiger partial charge in [0.05, 0.1) is 46.6 Å². The molecule has 6 aromatic carbocycles. The van der Waals surface area contributed by atoms with E-state index in [1.807, 2.05) is 36.4 Å². The Kier molecular flexibility index (Phi) is 9.90. The monoisotopic (exact) mass is 830 g/mol. The van der Waals surface area contributed by atoms with E-state index in [-0.39, 0.29) is 76.1 Å². The number of halogens is 2. The summed E-state index contributed by atoms with van der Waals surface area (Å²) in [7, 11) is 0. The lowest BCUT2D eigenvalue weighted by Gasteiger charge is -2.39. The third-order valence-electron chi connectivity index (χ3n) is 11.5. The number of aromatic nitrogens is 4. The molecule has 10 rings (SSSR count). The van der Waals surface area contributed by atoms with Crippen LogP contribution in [0.15, 0.2) is 145 Å². The van der Waals surface area contributed by atoms with Crippen LogP contribution in [0.25, 0.3) is 65.6 Å². The maximum absolute atomic E-state index is 15.5. The molecule has 8 aromatic rings. The van der Waals surface area contributed by atoms with E-state index >= 15 is 8.78 Å². The molecule has 0 atom stereocenters. The highest BCUT2D eigenvalue weighted by Gasteiger charge is 2.33. The predicted octanol–water partition coefficient (Wildman–Crippen LogP) is 7.26. The zero-order valence-corrected chi connectivity index (χ0v) is 32.9. The molecule has 2 amide bonds. The minimum Gasteiger partial charge on any atom is -0.508 e. The van der Waals surface area contributed by atoms with Gasteiger partial charge in [0.25, 0.3) is 11.1 Å². The van der Waals surface area contributed by atoms with Gasteiger partial charge in [-0.15, -0.1) is 0 Å². The molecule has 0 bridgehead atoms. The molecule has 2 fully saturated rings. The third-order valence-corrected chi connectivity index (χ3v) is 11.5. The number of hydrogen-bond acceptors (Lipinski definition) is 8. The Morgan fingerprint density at radius 2 is 1.15 bits per heavy atom. The second kappa shape index (κ2) is 15.6. The molecule has 0 aliphatic carbocycles. The van der Waals surface area contributed by atoms with E-state index in [2.05, 4.69) is 23.1 Å². The fourth-order valence-electron chi connectivity index (χ4n) is 8.20. The van der Waals surface area contributed by atoms with Crippen molar-refractivity contribution < 1.29 is 28.6 Å². The molecule has 0 saturated carbocycles. The van der Waals surface area contributed by atoms with Gasteiger partial charge in [-0.1, -0.05) is 67.8 Å². The highest BCUT2D eigenvalue weighted by atomic mass is 19.1. The molecule has 2 aliphatic heterocycles. The molecular weight excluding hydrogens is 795 g/mol. The first kappa shape index (κ1) is 39.5. The van der Waals surface area contributed by atoms with Crippen molar-refractivity contribution in [1.82, 2.24) is 28.9 Å². The highest BCUT2D eigenvalue weighted by molar-refractivity contribution is 6.01. The molecule has 0 radical (unpaired) electrons. The summed E-state index contributed by atoms with van der Waals surface area (Å²) in [5.41, 5.74) is 1.20. The Hall–Kier alpha value is -8.00. The van der Waals surface area contributed by atoms with Gasteiger partial charge in [0.1, 0.15) is 22.8 Å². The summed E-state index contributed by atoms with van der Waals surface area (Å²) >= 11 is 0. The van der Waals surface area contributed by atoms with Gasteiger partial charge in [0, 0.05) is 26.2 Å². The fraction of sp³-hybridized carbons (Fsp3) is 0.125. The number of benzene rings is 6. The number of aromatic hydroxyl groups is 2. The van der Waals surface area contributed by atoms with Gasteiger partial charge in [0.2, 0.25) is 11.8 Å². The summed E-state index contributed by atoms with van der Waals surface area (Å²) in [6, 6.07) is 27.1. The number of phenolic OH excluding ortho intramolecular Hbond substituents is 2. The number of carbonyl (C=O) groups is 2. The Morgan fingerprint density at radius 1 is 0.629 bits per heavy atom. The molecule has 0 unspecified atom stereocenters. The molecule has 0 spiro atoms. The van der Waals surface area contributed by atoms with Gasteiger partial charge in [-0.05, 0) is 92.9 Å². The Bertz CT molecular complexity index is 3320. The summed E-state index contributed by atoms with van der Waals surface area (Å²) in [6.07, 6.45) is 5.24. The average Bonchev–Trinajstić information content (AvgIpc) is 3.24. The molecule has 4 heterocycles. The lowest BCUT2D eigenvalue weighted by Crippen LogP contribution is -2.52. The number of rotatable bonds is 6. The van der Waals surface area contributed by atoms with E-state index in [1.165, 1.54) is 40.1 Å². The van der Waals surface area contributed by atoms with Crippen LogP contribution in [0.3, 0.4) is 0 Å². The molecular formula is C48H36F2N6O6. The smallest absolute Gasteiger partial charge is 0.261 e. The van der Waals surface area contributed by atoms with Crippen molar-refractivity contribution in [2.24, 2.45) is 0 Å². The predicted molar refractivity (Wildman–Crippen MR) is 233 cm³/mol. The molecule has 2 N–H and O–H groups in total. The lowest BCUT2D eigenvalue weighted by atomic mass is 9.96. The number of likely N-dealkylation sites (tertiary alicyclic amines) is 2. The second-order valence-corrected chi connectivity index (χ2v) is 15.2. The molecule has 14 heteroatoms. The first-order valence-corrected chi connectivity index (χ1v) is 19.6. The van der Waals surface area contributed by atoms with E-state index in [1.54, 1.807) is 58.3 Å². The molecule has 12 nitrogen and oxygen atoms in total. The summed E-state index contributed by atoms with van der Waals surface area (Å²) in [5.74, 6) is -2.23. The van der Waals surface area contributed by atoms with Crippen molar-refractivity contribution in [3.8, 4) is 33.8 Å². The van der Waals surface area contributed by atoms with Crippen LogP contribution < -0.4 is 11.1 Å². The van der Waals surface area contributed by atoms with E-state index in [4.69, 9.17) is 0 Å². The van der Waals surface area contributed by atoms with Gasteiger partial charge < -0.3 is 20.0 Å². The zero-order valence-electron chi connectivity index (χ0n) is 32.9. The molecule has 2 saturated heterocycles. The van der Waals surface area contributed by atoms with Crippen molar-refractivity contribution in [2.75, 3.05) is 26.2 Å². The van der Waals surface area contributed by atoms with Gasteiger partial charge in [-0.3, -0.25) is 28.3 Å². The van der Waals surface area contributed by atoms with Crippen LogP contribution in [-0.4, -0.2) is 77.1 Å². The SMILES string of the molecule is C=CC(=O)N1CC(n2cnc3c(F)c(-c4cc(O)cc5ccccc45)c(F)cc3c2=O)C1.C=CC(=O)N1CC(n2cnc3cc(-c4cc(O)cc5ccccc45)ccc3c2=O)C1. The molecule has 2 aliphatic rings. The second-order valence-electron chi connectivity index (χ2n) is 15.2. The summed E-state index contributed by atoms with van der Waals surface area (Å²) in [5, 5.41) is 23.7. The molecule has 2 aromatic heterocycles. The zero-order chi connectivity index (χ0) is 43.4. The minimum atomic E-state index is -0.975. The Labute approximate surface area is 351 Å². The largest absolute Gasteiger partial charge is 0.508 e. The van der Waals surface area contributed by atoms with Crippen molar-refractivity contribution in [2.45, 2.75) is 12.1 Å². The topological polar surface area (TPSA) is 151 Å². The van der Waals surface area contributed by atoms with E-state index < -0.39 is 17.2 Å². The number of nitrogens with zero attached hydrogens (tertiary/aromatic N) is 6. The van der Waals surface area contributed by atoms with Crippen molar-refractivity contribution in [1.29, 1.82) is 0 Å². The van der Waals surface area contributed by atoms with Gasteiger partial charge in [-0.2, -0.15) is 0 Å². The van der Waals surface area contributed by atoms with E-state index in [0.717, 1.165) is 28.0 Å². The maximum Gasteiger partial charge on any atom is 0.261 e. The van der Waals surface area contributed by atoms with Crippen LogP contribution in [0.1, 0.15) is 12.1 Å². The summed E-state index contributed by atoms with van der Waals surface area (Å²) < 4.78 is 33.6. The van der Waals surface area contributed by atoms with Crippen LogP contribution in [0.5, 0.6) is 11.5 Å². The number of amides is 2. The lowest BCUT2D eigenvalue weighted by molar-refractivity contribution is -0.132. The fourth-order valence-corrected chi connectivity index (χ4v) is 8.20. The normalized spacial score (nSPS) is 14.0. The minimum absolute atomic E-state index is 0.0759. The Balaban J connectivity index is 0.000000158. The molecule has 62 heavy (non-hydrogen) atoms. The number of hydrogen-bond donors (Lipinski definition) is 2. The highest BCUT2D eigenvalue weighted by Crippen LogP contribution is 2.38. The van der Waals surface area contributed by atoms with Gasteiger partial charge in [-0.25, -0.2) is 18.7 Å². The standard InChI is InChI=1S/C24H17F2N3O3.C24H19N3O3/c1-2-20(31)28-10-14(11-28)29-12-27-23-18(24(29)32)9-19(25)21(22(23)26)17-8-15(30)7-13-5-3-4-6-16(13)17;1-2-23(29)26-12-17(13-26)27-14-25-22-10-16(7-8-20(22)24(27)30)21-11-18(28)9-15-5-3-4-6-19(15)21/h2-9,12,14,30H,1,10-11H2;2-11,14,17,28H,1,12-13H2. The van der Waals surface area contributed by atoms with Crippen molar-refractivity contribution in [3.63, 3.8) is 0 Å².